The van der Waals surface area contributed by atoms with Crippen LogP contribution in [0.5, 0.6) is 0 Å². The molecule has 0 aromatic carbocycles. The Morgan fingerprint density at radius 2 is 2.20 bits per heavy atom. The van der Waals surface area contributed by atoms with Gasteiger partial charge in [-0.15, -0.1) is 0 Å². The van der Waals surface area contributed by atoms with E-state index >= 15 is 0 Å². The van der Waals surface area contributed by atoms with E-state index in [4.69, 9.17) is 14.3 Å². The number of nitrogens with one attached hydrogen (secondary N) is 1. The molecule has 1 aromatic heterocycles. The standard InChI is InChI=1S/C18H26N2O5/c1-24-15-4-2-7-18(15)8-3-9-20(12-18)11-16(21)19-10-13-5-6-14(25-13)17(22)23/h5-6,15H,2-4,7-12H2,1H3,(H,19,21)(H,22,23)/t15-,18-/m1/s1. The van der Waals surface area contributed by atoms with E-state index < -0.39 is 5.97 Å². The van der Waals surface area contributed by atoms with E-state index in [1.54, 1.807) is 13.2 Å². The Balaban J connectivity index is 1.49. The number of methoxy groups -OCH3 is 1. The lowest BCUT2D eigenvalue weighted by molar-refractivity contribution is -0.124. The van der Waals surface area contributed by atoms with Crippen molar-refractivity contribution in [1.29, 1.82) is 0 Å². The third kappa shape index (κ3) is 4.04. The number of carboxylic acid groups (broad SMARTS) is 1. The number of amides is 1. The summed E-state index contributed by atoms with van der Waals surface area (Å²) in [7, 11) is 1.79. The molecule has 1 saturated carbocycles. The van der Waals surface area contributed by atoms with Crippen molar-refractivity contribution >= 4 is 11.9 Å². The molecule has 0 unspecified atom stereocenters. The zero-order chi connectivity index (χ0) is 17.9. The second-order valence-corrected chi connectivity index (χ2v) is 7.14. The highest BCUT2D eigenvalue weighted by atomic mass is 16.5. The molecule has 1 aliphatic heterocycles. The Morgan fingerprint density at radius 1 is 1.40 bits per heavy atom. The van der Waals surface area contributed by atoms with Crippen LogP contribution in [0.25, 0.3) is 0 Å². The number of likely N-dealkylation sites (tertiary alicyclic amines) is 1. The van der Waals surface area contributed by atoms with Gasteiger partial charge in [0.05, 0.1) is 19.2 Å². The minimum Gasteiger partial charge on any atom is -0.475 e. The molecule has 2 fully saturated rings. The van der Waals surface area contributed by atoms with Crippen LogP contribution in [0.2, 0.25) is 0 Å². The van der Waals surface area contributed by atoms with Gasteiger partial charge in [0.2, 0.25) is 11.7 Å². The Hall–Kier alpha value is -1.86. The van der Waals surface area contributed by atoms with E-state index in [2.05, 4.69) is 10.2 Å². The Bertz CT molecular complexity index is 629. The van der Waals surface area contributed by atoms with Crippen LogP contribution in [-0.4, -0.2) is 54.7 Å². The maximum absolute atomic E-state index is 12.2. The van der Waals surface area contributed by atoms with Crippen LogP contribution >= 0.6 is 0 Å². The molecule has 25 heavy (non-hydrogen) atoms. The second-order valence-electron chi connectivity index (χ2n) is 7.14. The number of hydrogen-bond acceptors (Lipinski definition) is 5. The number of carbonyl (C=O) groups excluding carboxylic acids is 1. The SMILES string of the molecule is CO[C@@H]1CCC[C@]12CCCN(CC(=O)NCc1ccc(C(=O)O)o1)C2. The van der Waals surface area contributed by atoms with Crippen molar-refractivity contribution in [1.82, 2.24) is 10.2 Å². The van der Waals surface area contributed by atoms with Gasteiger partial charge < -0.3 is 19.6 Å². The normalized spacial score (nSPS) is 26.8. The molecule has 1 aromatic rings. The van der Waals surface area contributed by atoms with Crippen LogP contribution in [0, 0.1) is 5.41 Å². The lowest BCUT2D eigenvalue weighted by Crippen LogP contribution is -2.50. The first-order valence-corrected chi connectivity index (χ1v) is 8.86. The van der Waals surface area contributed by atoms with Gasteiger partial charge in [-0.25, -0.2) is 4.79 Å². The summed E-state index contributed by atoms with van der Waals surface area (Å²) >= 11 is 0. The molecule has 138 valence electrons. The molecule has 2 N–H and O–H groups in total. The minimum atomic E-state index is -1.11. The molecule has 7 heteroatoms. The average Bonchev–Trinajstić information content (AvgIpc) is 3.20. The fourth-order valence-corrected chi connectivity index (χ4v) is 4.37. The van der Waals surface area contributed by atoms with E-state index in [-0.39, 0.29) is 23.6 Å². The Kier molecular flexibility index (Phi) is 5.44. The van der Waals surface area contributed by atoms with E-state index in [0.29, 0.717) is 18.4 Å². The molecule has 7 nitrogen and oxygen atoms in total. The molecule has 3 rings (SSSR count). The Labute approximate surface area is 147 Å². The van der Waals surface area contributed by atoms with E-state index in [1.807, 2.05) is 0 Å². The lowest BCUT2D eigenvalue weighted by atomic mass is 9.76. The van der Waals surface area contributed by atoms with Crippen LogP contribution in [0.15, 0.2) is 16.5 Å². The number of piperidine rings is 1. The van der Waals surface area contributed by atoms with Crippen molar-refractivity contribution in [3.8, 4) is 0 Å². The first-order valence-electron chi connectivity index (χ1n) is 8.86. The zero-order valence-corrected chi connectivity index (χ0v) is 14.6. The summed E-state index contributed by atoms with van der Waals surface area (Å²) in [6.07, 6.45) is 6.05. The number of carboxylic acids is 1. The number of aromatic carboxylic acids is 1. The highest BCUT2D eigenvalue weighted by Gasteiger charge is 2.45. The average molecular weight is 350 g/mol. The summed E-state index contributed by atoms with van der Waals surface area (Å²) in [5, 5.41) is 11.6. The summed E-state index contributed by atoms with van der Waals surface area (Å²) in [5.41, 5.74) is 0.199. The van der Waals surface area contributed by atoms with Gasteiger partial charge in [-0.05, 0) is 44.4 Å². The molecule has 1 saturated heterocycles. The van der Waals surface area contributed by atoms with Crippen LogP contribution in [-0.2, 0) is 16.1 Å². The van der Waals surface area contributed by atoms with Crippen LogP contribution < -0.4 is 5.32 Å². The van der Waals surface area contributed by atoms with Gasteiger partial charge in [0, 0.05) is 19.1 Å². The summed E-state index contributed by atoms with van der Waals surface area (Å²) in [6.45, 7) is 2.38. The molecule has 2 aliphatic rings. The molecule has 0 bridgehead atoms. The predicted octanol–water partition coefficient (Wildman–Crippen LogP) is 1.88. The maximum Gasteiger partial charge on any atom is 0.371 e. The van der Waals surface area contributed by atoms with Crippen molar-refractivity contribution in [2.24, 2.45) is 5.41 Å². The van der Waals surface area contributed by atoms with Crippen molar-refractivity contribution in [3.05, 3.63) is 23.7 Å². The molecular formula is C18H26N2O5. The highest BCUT2D eigenvalue weighted by Crippen LogP contribution is 2.46. The van der Waals surface area contributed by atoms with E-state index in [1.165, 1.54) is 25.3 Å². The summed E-state index contributed by atoms with van der Waals surface area (Å²) in [5.74, 6) is -0.858. The van der Waals surface area contributed by atoms with Gasteiger partial charge in [-0.3, -0.25) is 9.69 Å². The van der Waals surface area contributed by atoms with Gasteiger partial charge in [0.1, 0.15) is 5.76 Å². The van der Waals surface area contributed by atoms with E-state index in [9.17, 15) is 9.59 Å². The molecule has 0 radical (unpaired) electrons. The van der Waals surface area contributed by atoms with Crippen LogP contribution in [0.3, 0.4) is 0 Å². The largest absolute Gasteiger partial charge is 0.475 e. The topological polar surface area (TPSA) is 92.0 Å². The molecule has 1 amide bonds. The van der Waals surface area contributed by atoms with Gasteiger partial charge >= 0.3 is 5.97 Å². The fourth-order valence-electron chi connectivity index (χ4n) is 4.37. The molecule has 1 aliphatic carbocycles. The monoisotopic (exact) mass is 350 g/mol. The lowest BCUT2D eigenvalue weighted by Gasteiger charge is -2.43. The molecular weight excluding hydrogens is 324 g/mol. The first-order chi connectivity index (χ1) is 12.0. The van der Waals surface area contributed by atoms with Crippen molar-refractivity contribution in [2.45, 2.75) is 44.8 Å². The third-order valence-electron chi connectivity index (χ3n) is 5.50. The predicted molar refractivity (Wildman–Crippen MR) is 90.3 cm³/mol. The minimum absolute atomic E-state index is 0.0720. The molecule has 1 spiro atoms. The smallest absolute Gasteiger partial charge is 0.371 e. The second kappa shape index (κ2) is 7.58. The van der Waals surface area contributed by atoms with Crippen LogP contribution in [0.4, 0.5) is 0 Å². The number of rotatable bonds is 6. The fraction of sp³-hybridized carbons (Fsp3) is 0.667. The quantitative estimate of drug-likeness (QED) is 0.814. The molecule has 2 atom stereocenters. The number of furan rings is 1. The summed E-state index contributed by atoms with van der Waals surface area (Å²) in [4.78, 5) is 25.2. The third-order valence-corrected chi connectivity index (χ3v) is 5.50. The highest BCUT2D eigenvalue weighted by molar-refractivity contribution is 5.84. The summed E-state index contributed by atoms with van der Waals surface area (Å²) in [6, 6.07) is 2.96. The van der Waals surface area contributed by atoms with Crippen molar-refractivity contribution in [3.63, 3.8) is 0 Å². The van der Waals surface area contributed by atoms with Gasteiger partial charge in [-0.2, -0.15) is 0 Å². The Morgan fingerprint density at radius 3 is 2.92 bits per heavy atom. The van der Waals surface area contributed by atoms with Crippen molar-refractivity contribution in [2.75, 3.05) is 26.7 Å². The number of nitrogens with zero attached hydrogens (tertiary/aromatic N) is 1. The number of ether oxygens (including phenoxy) is 1. The van der Waals surface area contributed by atoms with E-state index in [0.717, 1.165) is 25.9 Å². The van der Waals surface area contributed by atoms with Crippen molar-refractivity contribution < 1.29 is 23.8 Å². The van der Waals surface area contributed by atoms with Gasteiger partial charge in [0.15, 0.2) is 0 Å². The number of hydrogen-bond donors (Lipinski definition) is 2. The first kappa shape index (κ1) is 17.9. The van der Waals surface area contributed by atoms with Gasteiger partial charge in [0.25, 0.3) is 0 Å². The van der Waals surface area contributed by atoms with Gasteiger partial charge in [-0.1, -0.05) is 6.42 Å². The maximum atomic E-state index is 12.2. The number of carbonyl (C=O) groups is 2. The zero-order valence-electron chi connectivity index (χ0n) is 14.6. The summed E-state index contributed by atoms with van der Waals surface area (Å²) < 4.78 is 10.8. The van der Waals surface area contributed by atoms with Crippen LogP contribution in [0.1, 0.15) is 48.4 Å². The molecule has 2 heterocycles.